The number of aromatic hydroxyl groups is 1. The second kappa shape index (κ2) is 5.15. The molecule has 0 heterocycles. The van der Waals surface area contributed by atoms with Crippen LogP contribution >= 0.6 is 0 Å². The van der Waals surface area contributed by atoms with Crippen LogP contribution in [0.25, 0.3) is 0 Å². The van der Waals surface area contributed by atoms with Gasteiger partial charge in [-0.2, -0.15) is 0 Å². The molecule has 0 spiro atoms. The summed E-state index contributed by atoms with van der Waals surface area (Å²) in [6, 6.07) is 13.2. The van der Waals surface area contributed by atoms with E-state index in [0.717, 1.165) is 11.1 Å². The molecule has 0 saturated heterocycles. The van der Waals surface area contributed by atoms with Gasteiger partial charge in [-0.3, -0.25) is 0 Å². The first-order chi connectivity index (χ1) is 10.7. The molecule has 2 aromatic carbocycles. The van der Waals surface area contributed by atoms with Gasteiger partial charge in [0, 0.05) is 5.92 Å². The summed E-state index contributed by atoms with van der Waals surface area (Å²) in [5.74, 6) is 2.37. The molecule has 0 bridgehead atoms. The predicted octanol–water partition coefficient (Wildman–Crippen LogP) is 5.43. The Kier molecular flexibility index (Phi) is 3.25. The van der Waals surface area contributed by atoms with E-state index in [0.29, 0.717) is 23.5 Å². The fourth-order valence-corrected chi connectivity index (χ4v) is 4.97. The molecule has 2 aliphatic rings. The van der Waals surface area contributed by atoms with E-state index in [-0.39, 0.29) is 0 Å². The normalized spacial score (nSPS) is 26.5. The quantitative estimate of drug-likeness (QED) is 0.743. The van der Waals surface area contributed by atoms with Crippen molar-refractivity contribution in [1.29, 1.82) is 0 Å². The lowest BCUT2D eigenvalue weighted by Gasteiger charge is -2.30. The van der Waals surface area contributed by atoms with Crippen LogP contribution in [-0.4, -0.2) is 5.11 Å². The minimum atomic E-state index is 0.466. The van der Waals surface area contributed by atoms with E-state index in [9.17, 15) is 5.11 Å². The molecule has 22 heavy (non-hydrogen) atoms. The maximum Gasteiger partial charge on any atom is 0.121 e. The summed E-state index contributed by atoms with van der Waals surface area (Å²) in [4.78, 5) is 0. The lowest BCUT2D eigenvalue weighted by atomic mass is 9.74. The summed E-state index contributed by atoms with van der Waals surface area (Å²) in [7, 11) is 0. The molecule has 3 atom stereocenters. The summed E-state index contributed by atoms with van der Waals surface area (Å²) >= 11 is 0. The van der Waals surface area contributed by atoms with Crippen LogP contribution in [0.1, 0.15) is 65.3 Å². The van der Waals surface area contributed by atoms with Crippen molar-refractivity contribution in [2.75, 3.05) is 0 Å². The van der Waals surface area contributed by atoms with Gasteiger partial charge in [-0.05, 0) is 66.3 Å². The fourth-order valence-electron chi connectivity index (χ4n) is 4.97. The maximum absolute atomic E-state index is 10.5. The van der Waals surface area contributed by atoms with Gasteiger partial charge in [-0.15, -0.1) is 0 Å². The highest BCUT2D eigenvalue weighted by atomic mass is 16.3. The second-order valence-corrected chi connectivity index (χ2v) is 7.11. The second-order valence-electron chi connectivity index (χ2n) is 7.11. The van der Waals surface area contributed by atoms with Crippen LogP contribution in [0.4, 0.5) is 0 Å². The Morgan fingerprint density at radius 3 is 2.50 bits per heavy atom. The molecule has 114 valence electrons. The average Bonchev–Trinajstić information content (AvgIpc) is 2.88. The van der Waals surface area contributed by atoms with E-state index in [4.69, 9.17) is 0 Å². The zero-order chi connectivity index (χ0) is 15.3. The van der Waals surface area contributed by atoms with Crippen molar-refractivity contribution in [3.8, 4) is 5.75 Å². The standard InChI is InChI=1S/C21H24O/c1-13-12-18-16-10-6-7-11-17(16)20(15-8-4-3-5-9-15)19(18)14(2)21(13)22/h3-5,8-9,12,16-17,20,22H,6-7,10-11H2,1-2H3/t16-,17+,20-/m1/s1. The SMILES string of the molecule is Cc1cc2c(c(C)c1O)[C@H](c1ccccc1)[C@H]1CCCC[C@@H]21. The van der Waals surface area contributed by atoms with Crippen LogP contribution in [0.3, 0.4) is 0 Å². The summed E-state index contributed by atoms with van der Waals surface area (Å²) in [5, 5.41) is 10.5. The topological polar surface area (TPSA) is 20.2 Å². The molecular weight excluding hydrogens is 268 g/mol. The molecule has 1 fully saturated rings. The molecule has 0 aliphatic heterocycles. The minimum Gasteiger partial charge on any atom is -0.507 e. The van der Waals surface area contributed by atoms with Crippen molar-refractivity contribution in [2.45, 2.75) is 51.4 Å². The zero-order valence-corrected chi connectivity index (χ0v) is 13.5. The first kappa shape index (κ1) is 13.9. The average molecular weight is 292 g/mol. The lowest BCUT2D eigenvalue weighted by molar-refractivity contribution is 0.308. The summed E-state index contributed by atoms with van der Waals surface area (Å²) in [5.41, 5.74) is 6.51. The Hall–Kier alpha value is -1.76. The van der Waals surface area contributed by atoms with Gasteiger partial charge in [0.1, 0.15) is 5.75 Å². The van der Waals surface area contributed by atoms with E-state index >= 15 is 0 Å². The summed E-state index contributed by atoms with van der Waals surface area (Å²) in [6.07, 6.45) is 5.33. The molecule has 2 aromatic rings. The molecule has 1 saturated carbocycles. The van der Waals surface area contributed by atoms with E-state index < -0.39 is 0 Å². The number of rotatable bonds is 1. The molecule has 0 unspecified atom stereocenters. The van der Waals surface area contributed by atoms with Crippen LogP contribution in [0.15, 0.2) is 36.4 Å². The highest BCUT2D eigenvalue weighted by molar-refractivity contribution is 5.57. The Bertz CT molecular complexity index is 702. The van der Waals surface area contributed by atoms with Crippen LogP contribution in [0.2, 0.25) is 0 Å². The van der Waals surface area contributed by atoms with E-state index in [1.54, 1.807) is 0 Å². The van der Waals surface area contributed by atoms with Crippen LogP contribution in [0.5, 0.6) is 5.75 Å². The molecule has 4 rings (SSSR count). The number of phenols is 1. The summed E-state index contributed by atoms with van der Waals surface area (Å²) < 4.78 is 0. The highest BCUT2D eigenvalue weighted by Gasteiger charge is 2.43. The molecule has 1 N–H and O–H groups in total. The zero-order valence-electron chi connectivity index (χ0n) is 13.5. The maximum atomic E-state index is 10.5. The van der Waals surface area contributed by atoms with Crippen molar-refractivity contribution < 1.29 is 5.11 Å². The first-order valence-electron chi connectivity index (χ1n) is 8.56. The van der Waals surface area contributed by atoms with Gasteiger partial charge in [-0.1, -0.05) is 49.2 Å². The van der Waals surface area contributed by atoms with Crippen molar-refractivity contribution >= 4 is 0 Å². The number of hydrogen-bond acceptors (Lipinski definition) is 1. The third-order valence-electron chi connectivity index (χ3n) is 5.93. The first-order valence-corrected chi connectivity index (χ1v) is 8.56. The van der Waals surface area contributed by atoms with Gasteiger partial charge in [-0.25, -0.2) is 0 Å². The predicted molar refractivity (Wildman–Crippen MR) is 90.6 cm³/mol. The van der Waals surface area contributed by atoms with Crippen LogP contribution in [0, 0.1) is 19.8 Å². The van der Waals surface area contributed by atoms with Gasteiger partial charge in [0.15, 0.2) is 0 Å². The fraction of sp³-hybridized carbons (Fsp3) is 0.429. The molecule has 0 aromatic heterocycles. The minimum absolute atomic E-state index is 0.466. The summed E-state index contributed by atoms with van der Waals surface area (Å²) in [6.45, 7) is 4.14. The van der Waals surface area contributed by atoms with Crippen LogP contribution in [-0.2, 0) is 0 Å². The molecule has 1 heteroatoms. The smallest absolute Gasteiger partial charge is 0.121 e. The third-order valence-corrected chi connectivity index (χ3v) is 5.93. The largest absolute Gasteiger partial charge is 0.507 e. The van der Waals surface area contributed by atoms with Gasteiger partial charge >= 0.3 is 0 Å². The Morgan fingerprint density at radius 2 is 1.73 bits per heavy atom. The molecule has 1 nitrogen and oxygen atoms in total. The van der Waals surface area contributed by atoms with Crippen molar-refractivity contribution in [3.63, 3.8) is 0 Å². The van der Waals surface area contributed by atoms with E-state index in [2.05, 4.69) is 43.3 Å². The van der Waals surface area contributed by atoms with Gasteiger partial charge < -0.3 is 5.11 Å². The molecule has 0 radical (unpaired) electrons. The van der Waals surface area contributed by atoms with Crippen LogP contribution < -0.4 is 0 Å². The molecular formula is C21H24O. The van der Waals surface area contributed by atoms with Gasteiger partial charge in [0.2, 0.25) is 0 Å². The van der Waals surface area contributed by atoms with Crippen molar-refractivity contribution in [2.24, 2.45) is 5.92 Å². The lowest BCUT2D eigenvalue weighted by Crippen LogP contribution is -2.17. The number of aryl methyl sites for hydroxylation is 1. The monoisotopic (exact) mass is 292 g/mol. The number of hydrogen-bond donors (Lipinski definition) is 1. The Labute approximate surface area is 133 Å². The number of phenolic OH excluding ortho intramolecular Hbond substituents is 1. The third kappa shape index (κ3) is 1.91. The number of fused-ring (bicyclic) bond motifs is 3. The van der Waals surface area contributed by atoms with Crippen molar-refractivity contribution in [1.82, 2.24) is 0 Å². The Balaban J connectivity index is 1.94. The number of benzene rings is 2. The van der Waals surface area contributed by atoms with E-state index in [1.165, 1.54) is 42.4 Å². The Morgan fingerprint density at radius 1 is 1.00 bits per heavy atom. The van der Waals surface area contributed by atoms with Gasteiger partial charge in [0.25, 0.3) is 0 Å². The molecule has 0 amide bonds. The van der Waals surface area contributed by atoms with Gasteiger partial charge in [0.05, 0.1) is 0 Å². The van der Waals surface area contributed by atoms with Crippen molar-refractivity contribution in [3.05, 3.63) is 64.2 Å². The molecule has 2 aliphatic carbocycles. The van der Waals surface area contributed by atoms with E-state index in [1.807, 2.05) is 6.92 Å². The highest BCUT2D eigenvalue weighted by Crippen LogP contribution is 2.57.